The van der Waals surface area contributed by atoms with Crippen molar-refractivity contribution in [2.24, 2.45) is 5.11 Å². The van der Waals surface area contributed by atoms with Gasteiger partial charge >= 0.3 is 0 Å². The molecule has 0 radical (unpaired) electrons. The first kappa shape index (κ1) is 25.2. The summed E-state index contributed by atoms with van der Waals surface area (Å²) in [7, 11) is 0. The number of hydrogen-bond acceptors (Lipinski definition) is 4. The van der Waals surface area contributed by atoms with E-state index in [-0.39, 0.29) is 11.5 Å². The van der Waals surface area contributed by atoms with E-state index in [1.54, 1.807) is 78.9 Å². The summed E-state index contributed by atoms with van der Waals surface area (Å²) in [5.41, 5.74) is 10.6. The van der Waals surface area contributed by atoms with Crippen LogP contribution in [0.25, 0.3) is 10.4 Å². The van der Waals surface area contributed by atoms with Crippen molar-refractivity contribution in [2.75, 3.05) is 11.4 Å². The Hall–Kier alpha value is -4.42. The van der Waals surface area contributed by atoms with E-state index in [4.69, 9.17) is 5.53 Å². The number of carbonyl (C=O) groups excluding carboxylic acids is 3. The van der Waals surface area contributed by atoms with Gasteiger partial charge in [-0.3, -0.25) is 19.3 Å². The van der Waals surface area contributed by atoms with Gasteiger partial charge in [-0.25, -0.2) is 0 Å². The standard InChI is InChI=1S/C27H27N5O3/c1-3-4-18-29-26(34)25(22-15-8-10-16-23(22)30-31-28)32(27(35)20-12-6-5-7-13-20)24-17-11-9-14-21(24)19(2)33/h5-17,25H,3-4,18H2,1-2H3,(H,29,34). The Morgan fingerprint density at radius 3 is 2.31 bits per heavy atom. The predicted molar refractivity (Wildman–Crippen MR) is 136 cm³/mol. The molecule has 1 N–H and O–H groups in total. The van der Waals surface area contributed by atoms with Gasteiger partial charge in [0.05, 0.1) is 5.69 Å². The van der Waals surface area contributed by atoms with E-state index in [1.807, 2.05) is 6.92 Å². The minimum Gasteiger partial charge on any atom is -0.354 e. The van der Waals surface area contributed by atoms with E-state index < -0.39 is 17.9 Å². The van der Waals surface area contributed by atoms with Gasteiger partial charge in [0.1, 0.15) is 6.04 Å². The predicted octanol–water partition coefficient (Wildman–Crippen LogP) is 6.14. The van der Waals surface area contributed by atoms with Crippen LogP contribution in [0, 0.1) is 0 Å². The van der Waals surface area contributed by atoms with Crippen LogP contribution in [0.15, 0.2) is 84.0 Å². The number of rotatable bonds is 10. The second kappa shape index (κ2) is 12.2. The van der Waals surface area contributed by atoms with Crippen molar-refractivity contribution in [2.45, 2.75) is 32.7 Å². The molecule has 0 aliphatic heterocycles. The maximum atomic E-state index is 14.0. The largest absolute Gasteiger partial charge is 0.354 e. The van der Waals surface area contributed by atoms with Crippen LogP contribution in [-0.4, -0.2) is 24.1 Å². The fourth-order valence-electron chi connectivity index (χ4n) is 3.81. The minimum absolute atomic E-state index is 0.219. The number of ketones is 1. The number of nitrogens with zero attached hydrogens (tertiary/aromatic N) is 4. The molecule has 3 rings (SSSR count). The van der Waals surface area contributed by atoms with Gasteiger partial charge in [0, 0.05) is 28.3 Å². The van der Waals surface area contributed by atoms with Crippen molar-refractivity contribution in [3.05, 3.63) is 106 Å². The molecule has 0 heterocycles. The van der Waals surface area contributed by atoms with Crippen LogP contribution in [0.1, 0.15) is 59.0 Å². The van der Waals surface area contributed by atoms with Crippen LogP contribution in [0.3, 0.4) is 0 Å². The molecular weight excluding hydrogens is 442 g/mol. The van der Waals surface area contributed by atoms with Crippen molar-refractivity contribution in [1.29, 1.82) is 0 Å². The number of unbranched alkanes of at least 4 members (excludes halogenated alkanes) is 1. The van der Waals surface area contributed by atoms with Crippen LogP contribution in [0.2, 0.25) is 0 Å². The number of para-hydroxylation sites is 1. The Morgan fingerprint density at radius 1 is 0.971 bits per heavy atom. The van der Waals surface area contributed by atoms with Crippen LogP contribution in [0.4, 0.5) is 11.4 Å². The zero-order valence-electron chi connectivity index (χ0n) is 19.7. The summed E-state index contributed by atoms with van der Waals surface area (Å²) in [5.74, 6) is -1.16. The van der Waals surface area contributed by atoms with Gasteiger partial charge in [-0.05, 0) is 48.7 Å². The summed E-state index contributed by atoms with van der Waals surface area (Å²) in [5, 5.41) is 6.67. The molecule has 35 heavy (non-hydrogen) atoms. The highest BCUT2D eigenvalue weighted by Gasteiger charge is 2.36. The quantitative estimate of drug-likeness (QED) is 0.126. The summed E-state index contributed by atoms with van der Waals surface area (Å²) in [6, 6.07) is 20.7. The lowest BCUT2D eigenvalue weighted by molar-refractivity contribution is -0.122. The van der Waals surface area contributed by atoms with Gasteiger partial charge < -0.3 is 5.32 Å². The van der Waals surface area contributed by atoms with Gasteiger partial charge in [0.2, 0.25) is 5.91 Å². The zero-order valence-corrected chi connectivity index (χ0v) is 19.7. The van der Waals surface area contributed by atoms with Crippen molar-refractivity contribution >= 4 is 29.0 Å². The molecule has 3 aromatic rings. The first-order valence-corrected chi connectivity index (χ1v) is 11.4. The average Bonchev–Trinajstić information content (AvgIpc) is 2.88. The molecule has 0 aromatic heterocycles. The average molecular weight is 470 g/mol. The lowest BCUT2D eigenvalue weighted by Crippen LogP contribution is -2.45. The third-order valence-corrected chi connectivity index (χ3v) is 5.50. The molecule has 178 valence electrons. The molecule has 8 nitrogen and oxygen atoms in total. The number of amides is 2. The molecule has 8 heteroatoms. The molecule has 0 fully saturated rings. The molecule has 0 saturated heterocycles. The summed E-state index contributed by atoms with van der Waals surface area (Å²) in [4.78, 5) is 44.4. The number of carbonyl (C=O) groups is 3. The number of anilines is 1. The highest BCUT2D eigenvalue weighted by Crippen LogP contribution is 2.36. The molecule has 1 unspecified atom stereocenters. The van der Waals surface area contributed by atoms with Crippen LogP contribution in [0.5, 0.6) is 0 Å². The number of benzene rings is 3. The van der Waals surface area contributed by atoms with Gasteiger partial charge in [-0.1, -0.05) is 73.1 Å². The Kier molecular flexibility index (Phi) is 8.76. The monoisotopic (exact) mass is 469 g/mol. The van der Waals surface area contributed by atoms with E-state index in [9.17, 15) is 14.4 Å². The molecular formula is C27H27N5O3. The molecule has 2 amide bonds. The van der Waals surface area contributed by atoms with Gasteiger partial charge in [-0.2, -0.15) is 0 Å². The Balaban J connectivity index is 2.30. The highest BCUT2D eigenvalue weighted by molar-refractivity contribution is 6.13. The van der Waals surface area contributed by atoms with Crippen molar-refractivity contribution in [3.63, 3.8) is 0 Å². The Morgan fingerprint density at radius 2 is 1.63 bits per heavy atom. The molecule has 0 aliphatic carbocycles. The molecule has 1 atom stereocenters. The zero-order chi connectivity index (χ0) is 25.2. The Bertz CT molecular complexity index is 1250. The number of azide groups is 1. The molecule has 0 bridgehead atoms. The summed E-state index contributed by atoms with van der Waals surface area (Å²) < 4.78 is 0. The maximum absolute atomic E-state index is 14.0. The smallest absolute Gasteiger partial charge is 0.259 e. The first-order valence-electron chi connectivity index (χ1n) is 11.4. The summed E-state index contributed by atoms with van der Waals surface area (Å²) in [6.07, 6.45) is 1.63. The topological polar surface area (TPSA) is 115 Å². The number of Topliss-reactive ketones (excluding diaryl/α,β-unsaturated/α-hetero) is 1. The van der Waals surface area contributed by atoms with Gasteiger partial charge in [0.25, 0.3) is 5.91 Å². The fourth-order valence-corrected chi connectivity index (χ4v) is 3.81. The molecule has 0 aliphatic rings. The third kappa shape index (κ3) is 5.93. The number of nitrogens with one attached hydrogen (secondary N) is 1. The Labute approximate surface area is 204 Å². The first-order chi connectivity index (χ1) is 17.0. The highest BCUT2D eigenvalue weighted by atomic mass is 16.2. The van der Waals surface area contributed by atoms with Gasteiger partial charge in [0.15, 0.2) is 5.78 Å². The van der Waals surface area contributed by atoms with Crippen LogP contribution in [-0.2, 0) is 4.79 Å². The second-order valence-electron chi connectivity index (χ2n) is 7.91. The lowest BCUT2D eigenvalue weighted by Gasteiger charge is -2.33. The van der Waals surface area contributed by atoms with Crippen LogP contribution >= 0.6 is 0 Å². The van der Waals surface area contributed by atoms with E-state index >= 15 is 0 Å². The summed E-state index contributed by atoms with van der Waals surface area (Å²) >= 11 is 0. The van der Waals surface area contributed by atoms with E-state index in [1.165, 1.54) is 11.8 Å². The van der Waals surface area contributed by atoms with E-state index in [0.29, 0.717) is 28.9 Å². The van der Waals surface area contributed by atoms with Crippen molar-refractivity contribution < 1.29 is 14.4 Å². The molecule has 0 saturated carbocycles. The van der Waals surface area contributed by atoms with Crippen LogP contribution < -0.4 is 10.2 Å². The third-order valence-electron chi connectivity index (χ3n) is 5.50. The van der Waals surface area contributed by atoms with E-state index in [0.717, 1.165) is 12.8 Å². The molecule has 0 spiro atoms. The fraction of sp³-hybridized carbons (Fsp3) is 0.222. The second-order valence-corrected chi connectivity index (χ2v) is 7.91. The SMILES string of the molecule is CCCCNC(=O)C(c1ccccc1N=[N+]=[N-])N(C(=O)c1ccccc1)c1ccccc1C(C)=O. The maximum Gasteiger partial charge on any atom is 0.259 e. The molecule has 3 aromatic carbocycles. The normalized spacial score (nSPS) is 11.1. The van der Waals surface area contributed by atoms with Crippen molar-refractivity contribution in [3.8, 4) is 0 Å². The van der Waals surface area contributed by atoms with E-state index in [2.05, 4.69) is 15.3 Å². The van der Waals surface area contributed by atoms with Crippen molar-refractivity contribution in [1.82, 2.24) is 5.32 Å². The number of hydrogen-bond donors (Lipinski definition) is 1. The lowest BCUT2D eigenvalue weighted by atomic mass is 9.98. The van der Waals surface area contributed by atoms with Gasteiger partial charge in [-0.15, -0.1) is 0 Å². The summed E-state index contributed by atoms with van der Waals surface area (Å²) in [6.45, 7) is 3.83. The minimum atomic E-state index is -1.19.